The van der Waals surface area contributed by atoms with Gasteiger partial charge in [-0.15, -0.1) is 0 Å². The lowest BCUT2D eigenvalue weighted by Crippen LogP contribution is -2.17. The third-order valence-corrected chi connectivity index (χ3v) is 4.76. The van der Waals surface area contributed by atoms with Crippen LogP contribution in [0.2, 0.25) is 0 Å². The number of rotatable bonds is 3. The standard InChI is InChI=1S/C22H16N2O3/c25-22-17(13-15-7-4-5-10-20(15)27-22)18-14-19(21-11-6-12-26-21)24(23-18)16-8-2-1-3-9-16/h1-13,19H,14H2/t19-/m0/s1. The number of anilines is 1. The zero-order chi connectivity index (χ0) is 18.2. The number of fused-ring (bicyclic) bond motifs is 1. The molecule has 0 fully saturated rings. The molecule has 3 heterocycles. The second-order valence-electron chi connectivity index (χ2n) is 6.45. The van der Waals surface area contributed by atoms with E-state index in [1.54, 1.807) is 12.3 Å². The Kier molecular flexibility index (Phi) is 3.64. The molecule has 1 atom stereocenters. The van der Waals surface area contributed by atoms with Crippen molar-refractivity contribution >= 4 is 22.4 Å². The Balaban J connectivity index is 1.62. The van der Waals surface area contributed by atoms with Crippen LogP contribution in [-0.4, -0.2) is 5.71 Å². The number of hydrazone groups is 1. The van der Waals surface area contributed by atoms with E-state index in [4.69, 9.17) is 13.9 Å². The van der Waals surface area contributed by atoms with Crippen LogP contribution in [0.1, 0.15) is 23.8 Å². The summed E-state index contributed by atoms with van der Waals surface area (Å²) in [6, 6.07) is 22.9. The molecule has 0 amide bonds. The number of para-hydroxylation sites is 2. The molecule has 1 aliphatic heterocycles. The van der Waals surface area contributed by atoms with Crippen molar-refractivity contribution < 1.29 is 8.83 Å². The second-order valence-corrected chi connectivity index (χ2v) is 6.45. The normalized spacial score (nSPS) is 16.7. The Morgan fingerprint density at radius 3 is 2.59 bits per heavy atom. The number of hydrogen-bond donors (Lipinski definition) is 0. The fourth-order valence-electron chi connectivity index (χ4n) is 3.46. The van der Waals surface area contributed by atoms with E-state index in [-0.39, 0.29) is 11.7 Å². The van der Waals surface area contributed by atoms with E-state index < -0.39 is 0 Å². The lowest BCUT2D eigenvalue weighted by Gasteiger charge is -2.21. The van der Waals surface area contributed by atoms with Gasteiger partial charge in [-0.05, 0) is 36.4 Å². The number of benzene rings is 2. The Morgan fingerprint density at radius 2 is 1.78 bits per heavy atom. The molecule has 5 nitrogen and oxygen atoms in total. The van der Waals surface area contributed by atoms with Gasteiger partial charge in [-0.1, -0.05) is 36.4 Å². The van der Waals surface area contributed by atoms with Crippen LogP contribution in [0.15, 0.2) is 97.8 Å². The van der Waals surface area contributed by atoms with Gasteiger partial charge in [-0.2, -0.15) is 5.10 Å². The third kappa shape index (κ3) is 2.73. The third-order valence-electron chi connectivity index (χ3n) is 4.76. The minimum atomic E-state index is -0.374. The van der Waals surface area contributed by atoms with Crippen molar-refractivity contribution in [3.8, 4) is 0 Å². The number of hydrogen-bond acceptors (Lipinski definition) is 5. The van der Waals surface area contributed by atoms with Crippen molar-refractivity contribution in [1.29, 1.82) is 0 Å². The van der Waals surface area contributed by atoms with Gasteiger partial charge in [0.15, 0.2) is 0 Å². The Morgan fingerprint density at radius 1 is 0.963 bits per heavy atom. The Bertz CT molecular complexity index is 1180. The molecule has 0 saturated carbocycles. The molecule has 0 aliphatic carbocycles. The summed E-state index contributed by atoms with van der Waals surface area (Å²) in [4.78, 5) is 12.6. The topological polar surface area (TPSA) is 59.0 Å². The van der Waals surface area contributed by atoms with E-state index in [9.17, 15) is 4.79 Å². The van der Waals surface area contributed by atoms with Gasteiger partial charge in [0.25, 0.3) is 0 Å². The van der Waals surface area contributed by atoms with Gasteiger partial charge in [0.05, 0.1) is 23.2 Å². The zero-order valence-corrected chi connectivity index (χ0v) is 14.4. The van der Waals surface area contributed by atoms with Crippen molar-refractivity contribution in [2.24, 2.45) is 5.10 Å². The molecule has 0 saturated heterocycles. The van der Waals surface area contributed by atoms with Crippen LogP contribution in [0.25, 0.3) is 11.0 Å². The lowest BCUT2D eigenvalue weighted by atomic mass is 10.0. The first-order valence-electron chi connectivity index (χ1n) is 8.78. The number of furan rings is 1. The van der Waals surface area contributed by atoms with E-state index in [0.717, 1.165) is 16.8 Å². The molecule has 0 radical (unpaired) electrons. The maximum absolute atomic E-state index is 12.6. The van der Waals surface area contributed by atoms with Crippen LogP contribution in [-0.2, 0) is 0 Å². The molecular formula is C22H16N2O3. The molecule has 1 aliphatic rings. The van der Waals surface area contributed by atoms with Crippen molar-refractivity contribution in [3.63, 3.8) is 0 Å². The highest BCUT2D eigenvalue weighted by molar-refractivity contribution is 6.04. The molecule has 5 rings (SSSR count). The summed E-state index contributed by atoms with van der Waals surface area (Å²) in [5, 5.41) is 7.55. The maximum atomic E-state index is 12.6. The number of nitrogens with zero attached hydrogens (tertiary/aromatic N) is 2. The van der Waals surface area contributed by atoms with Crippen molar-refractivity contribution in [3.05, 3.63) is 101 Å². The van der Waals surface area contributed by atoms with E-state index >= 15 is 0 Å². The van der Waals surface area contributed by atoms with Crippen LogP contribution < -0.4 is 10.6 Å². The summed E-state index contributed by atoms with van der Waals surface area (Å²) < 4.78 is 11.1. The molecule has 0 unspecified atom stereocenters. The summed E-state index contributed by atoms with van der Waals surface area (Å²) in [6.45, 7) is 0. The SMILES string of the molecule is O=c1oc2ccccc2cc1C1=NN(c2ccccc2)[C@H](c2ccco2)C1. The smallest absolute Gasteiger partial charge is 0.345 e. The fraction of sp³-hybridized carbons (Fsp3) is 0.0909. The Labute approximate surface area is 155 Å². The predicted octanol–water partition coefficient (Wildman–Crippen LogP) is 4.74. The first-order valence-corrected chi connectivity index (χ1v) is 8.78. The summed E-state index contributed by atoms with van der Waals surface area (Å²) in [7, 11) is 0. The molecule has 2 aromatic heterocycles. The lowest BCUT2D eigenvalue weighted by molar-refractivity contribution is 0.465. The van der Waals surface area contributed by atoms with Crippen LogP contribution in [0, 0.1) is 0 Å². The molecule has 0 N–H and O–H groups in total. The van der Waals surface area contributed by atoms with Gasteiger partial charge >= 0.3 is 5.63 Å². The van der Waals surface area contributed by atoms with E-state index in [0.29, 0.717) is 23.3 Å². The van der Waals surface area contributed by atoms with E-state index in [1.165, 1.54) is 0 Å². The molecule has 132 valence electrons. The molecule has 4 aromatic rings. The first kappa shape index (κ1) is 15.6. The molecule has 5 heteroatoms. The van der Waals surface area contributed by atoms with Crippen LogP contribution in [0.5, 0.6) is 0 Å². The van der Waals surface area contributed by atoms with Gasteiger partial charge in [0, 0.05) is 11.8 Å². The molecule has 0 spiro atoms. The summed E-state index contributed by atoms with van der Waals surface area (Å²) in [6.07, 6.45) is 2.21. The van der Waals surface area contributed by atoms with Crippen molar-refractivity contribution in [2.45, 2.75) is 12.5 Å². The zero-order valence-electron chi connectivity index (χ0n) is 14.4. The van der Waals surface area contributed by atoms with Gasteiger partial charge in [-0.3, -0.25) is 5.01 Å². The molecule has 0 bridgehead atoms. The van der Waals surface area contributed by atoms with Crippen molar-refractivity contribution in [2.75, 3.05) is 5.01 Å². The highest BCUT2D eigenvalue weighted by atomic mass is 16.4. The average Bonchev–Trinajstić information content (AvgIpc) is 3.38. The fourth-order valence-corrected chi connectivity index (χ4v) is 3.46. The van der Waals surface area contributed by atoms with Gasteiger partial charge < -0.3 is 8.83 Å². The molecule has 2 aromatic carbocycles. The van der Waals surface area contributed by atoms with Crippen LogP contribution in [0.3, 0.4) is 0 Å². The Hall–Kier alpha value is -3.60. The van der Waals surface area contributed by atoms with Crippen molar-refractivity contribution in [1.82, 2.24) is 0 Å². The minimum absolute atomic E-state index is 0.108. The van der Waals surface area contributed by atoms with Gasteiger partial charge in [0.2, 0.25) is 0 Å². The molecule has 27 heavy (non-hydrogen) atoms. The van der Waals surface area contributed by atoms with E-state index in [2.05, 4.69) is 0 Å². The quantitative estimate of drug-likeness (QED) is 0.497. The first-order chi connectivity index (χ1) is 13.3. The average molecular weight is 356 g/mol. The summed E-state index contributed by atoms with van der Waals surface area (Å²) in [5.41, 5.74) is 2.33. The monoisotopic (exact) mass is 356 g/mol. The second kappa shape index (κ2) is 6.29. The predicted molar refractivity (Wildman–Crippen MR) is 104 cm³/mol. The summed E-state index contributed by atoms with van der Waals surface area (Å²) in [5.74, 6) is 0.808. The highest BCUT2D eigenvalue weighted by Crippen LogP contribution is 2.36. The maximum Gasteiger partial charge on any atom is 0.345 e. The minimum Gasteiger partial charge on any atom is -0.467 e. The largest absolute Gasteiger partial charge is 0.467 e. The van der Waals surface area contributed by atoms with Gasteiger partial charge in [0.1, 0.15) is 17.4 Å². The molecular weight excluding hydrogens is 340 g/mol. The van der Waals surface area contributed by atoms with Crippen LogP contribution >= 0.6 is 0 Å². The van der Waals surface area contributed by atoms with Crippen LogP contribution in [0.4, 0.5) is 5.69 Å². The van der Waals surface area contributed by atoms with E-state index in [1.807, 2.05) is 71.7 Å². The van der Waals surface area contributed by atoms with Gasteiger partial charge in [-0.25, -0.2) is 4.79 Å². The summed E-state index contributed by atoms with van der Waals surface area (Å²) >= 11 is 0. The highest BCUT2D eigenvalue weighted by Gasteiger charge is 2.33.